The van der Waals surface area contributed by atoms with Crippen LogP contribution >= 0.6 is 0 Å². The summed E-state index contributed by atoms with van der Waals surface area (Å²) >= 11 is 0. The van der Waals surface area contributed by atoms with Crippen LogP contribution in [0.1, 0.15) is 19.5 Å². The van der Waals surface area contributed by atoms with Gasteiger partial charge in [0, 0.05) is 18.7 Å². The first-order valence-corrected chi connectivity index (χ1v) is 6.87. The molecule has 7 heteroatoms. The van der Waals surface area contributed by atoms with E-state index in [0.29, 0.717) is 12.5 Å². The van der Waals surface area contributed by atoms with Gasteiger partial charge in [-0.25, -0.2) is 8.78 Å². The van der Waals surface area contributed by atoms with Gasteiger partial charge in [0.25, 0.3) is 5.56 Å². The molecule has 0 radical (unpaired) electrons. The molecule has 0 unspecified atom stereocenters. The Balaban J connectivity index is 2.35. The first-order valence-electron chi connectivity index (χ1n) is 6.87. The van der Waals surface area contributed by atoms with Crippen molar-refractivity contribution in [2.45, 2.75) is 20.4 Å². The summed E-state index contributed by atoms with van der Waals surface area (Å²) in [4.78, 5) is 11.9. The fourth-order valence-corrected chi connectivity index (χ4v) is 1.89. The van der Waals surface area contributed by atoms with E-state index in [4.69, 9.17) is 0 Å². The van der Waals surface area contributed by atoms with E-state index in [1.54, 1.807) is 0 Å². The van der Waals surface area contributed by atoms with Crippen molar-refractivity contribution in [3.63, 3.8) is 0 Å². The monoisotopic (exact) mass is 309 g/mol. The van der Waals surface area contributed by atoms with Crippen molar-refractivity contribution >= 4 is 0 Å². The SMILES string of the molecule is CC(C)CNCc1nn(-c2ccc(F)c(F)c2)c(=O)cc1O. The molecule has 1 aromatic heterocycles. The molecule has 0 saturated carbocycles. The summed E-state index contributed by atoms with van der Waals surface area (Å²) in [6, 6.07) is 4.05. The Morgan fingerprint density at radius 2 is 2.00 bits per heavy atom. The third-order valence-electron chi connectivity index (χ3n) is 2.98. The fraction of sp³-hybridized carbons (Fsp3) is 0.333. The van der Waals surface area contributed by atoms with Gasteiger partial charge in [-0.2, -0.15) is 9.78 Å². The molecule has 2 N–H and O–H groups in total. The molecular weight excluding hydrogens is 292 g/mol. The number of aromatic hydroxyl groups is 1. The minimum Gasteiger partial charge on any atom is -0.506 e. The maximum atomic E-state index is 13.3. The number of hydrogen-bond donors (Lipinski definition) is 2. The van der Waals surface area contributed by atoms with E-state index in [1.807, 2.05) is 13.8 Å². The molecule has 2 aromatic rings. The molecule has 118 valence electrons. The predicted molar refractivity (Wildman–Crippen MR) is 78.0 cm³/mol. The van der Waals surface area contributed by atoms with E-state index < -0.39 is 17.2 Å². The van der Waals surface area contributed by atoms with Gasteiger partial charge < -0.3 is 10.4 Å². The number of nitrogens with zero attached hydrogens (tertiary/aromatic N) is 2. The Morgan fingerprint density at radius 3 is 2.64 bits per heavy atom. The van der Waals surface area contributed by atoms with Crippen molar-refractivity contribution < 1.29 is 13.9 Å². The molecular formula is C15H17F2N3O2. The smallest absolute Gasteiger partial charge is 0.275 e. The lowest BCUT2D eigenvalue weighted by Crippen LogP contribution is -2.25. The van der Waals surface area contributed by atoms with Crippen LogP contribution < -0.4 is 10.9 Å². The number of aromatic nitrogens is 2. The second-order valence-electron chi connectivity index (χ2n) is 5.35. The highest BCUT2D eigenvalue weighted by Gasteiger charge is 2.11. The van der Waals surface area contributed by atoms with Crippen LogP contribution in [0.25, 0.3) is 5.69 Å². The summed E-state index contributed by atoms with van der Waals surface area (Å²) in [5.74, 6) is -1.90. The predicted octanol–water partition coefficient (Wildman–Crippen LogP) is 1.96. The zero-order valence-corrected chi connectivity index (χ0v) is 12.3. The molecule has 0 atom stereocenters. The number of rotatable bonds is 5. The minimum atomic E-state index is -1.07. The molecule has 0 bridgehead atoms. The normalized spacial score (nSPS) is 11.1. The molecule has 0 aliphatic carbocycles. The quantitative estimate of drug-likeness (QED) is 0.886. The Kier molecular flexibility index (Phi) is 4.87. The summed E-state index contributed by atoms with van der Waals surface area (Å²) in [6.07, 6.45) is 0. The van der Waals surface area contributed by atoms with E-state index >= 15 is 0 Å². The van der Waals surface area contributed by atoms with Crippen molar-refractivity contribution in [3.8, 4) is 11.4 Å². The molecule has 0 spiro atoms. The van der Waals surface area contributed by atoms with Crippen molar-refractivity contribution in [1.82, 2.24) is 15.1 Å². The van der Waals surface area contributed by atoms with E-state index in [1.165, 1.54) is 6.07 Å². The number of hydrogen-bond acceptors (Lipinski definition) is 4. The largest absolute Gasteiger partial charge is 0.506 e. The maximum Gasteiger partial charge on any atom is 0.275 e. The third kappa shape index (κ3) is 3.67. The highest BCUT2D eigenvalue weighted by atomic mass is 19.2. The highest BCUT2D eigenvalue weighted by molar-refractivity contribution is 5.34. The van der Waals surface area contributed by atoms with Crippen LogP contribution in [-0.4, -0.2) is 21.4 Å². The third-order valence-corrected chi connectivity index (χ3v) is 2.98. The molecule has 0 aliphatic heterocycles. The van der Waals surface area contributed by atoms with E-state index in [-0.39, 0.29) is 23.7 Å². The summed E-state index contributed by atoms with van der Waals surface area (Å²) in [5.41, 5.74) is -0.282. The van der Waals surface area contributed by atoms with Crippen molar-refractivity contribution in [1.29, 1.82) is 0 Å². The molecule has 0 aliphatic rings. The van der Waals surface area contributed by atoms with Crippen LogP contribution in [0.5, 0.6) is 5.75 Å². The van der Waals surface area contributed by atoms with Crippen molar-refractivity contribution in [2.75, 3.05) is 6.54 Å². The summed E-state index contributed by atoms with van der Waals surface area (Å²) < 4.78 is 27.2. The lowest BCUT2D eigenvalue weighted by molar-refractivity contribution is 0.447. The highest BCUT2D eigenvalue weighted by Crippen LogP contribution is 2.14. The van der Waals surface area contributed by atoms with Crippen LogP contribution in [0.2, 0.25) is 0 Å². The molecule has 2 rings (SSSR count). The molecule has 5 nitrogen and oxygen atoms in total. The maximum absolute atomic E-state index is 13.3. The zero-order valence-electron chi connectivity index (χ0n) is 12.3. The number of nitrogens with one attached hydrogen (secondary N) is 1. The Labute approximate surface area is 126 Å². The minimum absolute atomic E-state index is 0.0917. The van der Waals surface area contributed by atoms with Crippen LogP contribution in [0.3, 0.4) is 0 Å². The van der Waals surface area contributed by atoms with Gasteiger partial charge in [0.05, 0.1) is 5.69 Å². The Morgan fingerprint density at radius 1 is 1.27 bits per heavy atom. The van der Waals surface area contributed by atoms with E-state index in [2.05, 4.69) is 10.4 Å². The van der Waals surface area contributed by atoms with Crippen LogP contribution in [0.4, 0.5) is 8.78 Å². The molecule has 1 aromatic carbocycles. The summed E-state index contributed by atoms with van der Waals surface area (Å²) in [6.45, 7) is 5.03. The lowest BCUT2D eigenvalue weighted by atomic mass is 10.2. The van der Waals surface area contributed by atoms with Crippen LogP contribution in [0.15, 0.2) is 29.1 Å². The topological polar surface area (TPSA) is 67.2 Å². The summed E-state index contributed by atoms with van der Waals surface area (Å²) in [5, 5.41) is 16.9. The standard InChI is InChI=1S/C15H17F2N3O2/c1-9(2)7-18-8-13-14(21)6-15(22)20(19-13)10-3-4-11(16)12(17)5-10/h3-6,9,18,21H,7-8H2,1-2H3. The average molecular weight is 309 g/mol. The van der Waals surface area contributed by atoms with Crippen molar-refractivity contribution in [2.24, 2.45) is 5.92 Å². The van der Waals surface area contributed by atoms with Gasteiger partial charge in [-0.15, -0.1) is 0 Å². The average Bonchev–Trinajstić information content (AvgIpc) is 2.44. The van der Waals surface area contributed by atoms with Gasteiger partial charge in [0.15, 0.2) is 11.6 Å². The zero-order chi connectivity index (χ0) is 16.3. The van der Waals surface area contributed by atoms with E-state index in [0.717, 1.165) is 22.9 Å². The Bertz CT molecular complexity index is 729. The van der Waals surface area contributed by atoms with Crippen molar-refractivity contribution in [3.05, 3.63) is 51.9 Å². The fourth-order valence-electron chi connectivity index (χ4n) is 1.89. The molecule has 0 fully saturated rings. The van der Waals surface area contributed by atoms with Gasteiger partial charge in [0.2, 0.25) is 0 Å². The van der Waals surface area contributed by atoms with Gasteiger partial charge >= 0.3 is 0 Å². The first-order chi connectivity index (χ1) is 10.4. The van der Waals surface area contributed by atoms with Crippen LogP contribution in [0, 0.1) is 17.6 Å². The molecule has 0 saturated heterocycles. The Hall–Kier alpha value is -2.28. The van der Waals surface area contributed by atoms with E-state index in [9.17, 15) is 18.7 Å². The van der Waals surface area contributed by atoms with Gasteiger partial charge in [-0.05, 0) is 24.6 Å². The molecule has 1 heterocycles. The molecule has 0 amide bonds. The first kappa shape index (κ1) is 16.1. The molecule has 22 heavy (non-hydrogen) atoms. The van der Waals surface area contributed by atoms with Gasteiger partial charge in [-0.3, -0.25) is 4.79 Å². The second-order valence-corrected chi connectivity index (χ2v) is 5.35. The van der Waals surface area contributed by atoms with Crippen LogP contribution in [-0.2, 0) is 6.54 Å². The van der Waals surface area contributed by atoms with Gasteiger partial charge in [-0.1, -0.05) is 13.8 Å². The lowest BCUT2D eigenvalue weighted by Gasteiger charge is -2.11. The summed E-state index contributed by atoms with van der Waals surface area (Å²) in [7, 11) is 0. The number of benzene rings is 1. The second kappa shape index (κ2) is 6.65. The number of halogens is 2. The van der Waals surface area contributed by atoms with Gasteiger partial charge in [0.1, 0.15) is 11.4 Å².